The topological polar surface area (TPSA) is 67.1 Å². The highest BCUT2D eigenvalue weighted by Crippen LogP contribution is 2.28. The van der Waals surface area contributed by atoms with E-state index in [9.17, 15) is 0 Å². The monoisotopic (exact) mass is 271 g/mol. The zero-order valence-electron chi connectivity index (χ0n) is 12.2. The minimum Gasteiger partial charge on any atom is -0.329 e. The first-order chi connectivity index (χ1) is 9.67. The van der Waals surface area contributed by atoms with Crippen molar-refractivity contribution in [1.82, 2.24) is 9.97 Å². The maximum atomic E-state index is 5.56. The fourth-order valence-electron chi connectivity index (χ4n) is 2.13. The molecule has 3 N–H and O–H groups in total. The molecule has 2 rings (SSSR count). The highest BCUT2D eigenvalue weighted by molar-refractivity contribution is 5.66. The summed E-state index contributed by atoms with van der Waals surface area (Å²) in [5.74, 6) is 7.93. The molecule has 0 aliphatic heterocycles. The fourth-order valence-corrected chi connectivity index (χ4v) is 2.13. The number of nitrogen functional groups attached to an aromatic ring is 1. The highest BCUT2D eigenvalue weighted by Gasteiger charge is 2.14. The molecular weight excluding hydrogens is 250 g/mol. The van der Waals surface area contributed by atoms with E-state index in [1.165, 1.54) is 0 Å². The Balaban J connectivity index is 2.46. The van der Waals surface area contributed by atoms with Crippen LogP contribution in [0.2, 0.25) is 0 Å². The molecule has 0 fully saturated rings. The standard InChI is InChI=1S/C15H21N5/c1-4-8-13-17-14(19-16)11(2)15(18-13)20(3)12-9-6-5-7-10-12/h5-7,9-10H,4,8,16H2,1-3H3,(H,17,18,19). The van der Waals surface area contributed by atoms with Crippen molar-refractivity contribution < 1.29 is 0 Å². The summed E-state index contributed by atoms with van der Waals surface area (Å²) in [5, 5.41) is 0. The fraction of sp³-hybridized carbons (Fsp3) is 0.333. The zero-order chi connectivity index (χ0) is 14.5. The molecule has 106 valence electrons. The van der Waals surface area contributed by atoms with Crippen molar-refractivity contribution >= 4 is 17.3 Å². The molecule has 0 atom stereocenters. The molecule has 0 saturated heterocycles. The highest BCUT2D eigenvalue weighted by atomic mass is 15.3. The van der Waals surface area contributed by atoms with Gasteiger partial charge in [0, 0.05) is 24.7 Å². The molecule has 5 heteroatoms. The van der Waals surface area contributed by atoms with E-state index in [-0.39, 0.29) is 0 Å². The molecule has 0 unspecified atom stereocenters. The van der Waals surface area contributed by atoms with Crippen molar-refractivity contribution in [1.29, 1.82) is 0 Å². The van der Waals surface area contributed by atoms with Gasteiger partial charge in [-0.15, -0.1) is 0 Å². The van der Waals surface area contributed by atoms with E-state index in [1.807, 2.05) is 32.2 Å². The van der Waals surface area contributed by atoms with Crippen molar-refractivity contribution in [3.8, 4) is 0 Å². The Hall–Kier alpha value is -2.14. The maximum absolute atomic E-state index is 5.56. The van der Waals surface area contributed by atoms with Crippen LogP contribution in [0.3, 0.4) is 0 Å². The first-order valence-corrected chi connectivity index (χ1v) is 6.80. The number of nitrogens with zero attached hydrogens (tertiary/aromatic N) is 3. The number of rotatable bonds is 5. The van der Waals surface area contributed by atoms with Gasteiger partial charge in [-0.05, 0) is 25.5 Å². The van der Waals surface area contributed by atoms with Crippen LogP contribution in [0.25, 0.3) is 0 Å². The van der Waals surface area contributed by atoms with Crippen molar-refractivity contribution in [2.24, 2.45) is 5.84 Å². The lowest BCUT2D eigenvalue weighted by Crippen LogP contribution is -2.18. The smallest absolute Gasteiger partial charge is 0.148 e. The quantitative estimate of drug-likeness (QED) is 0.646. The molecule has 0 spiro atoms. The number of nitrogens with two attached hydrogens (primary N) is 1. The van der Waals surface area contributed by atoms with Crippen LogP contribution in [0.15, 0.2) is 30.3 Å². The lowest BCUT2D eigenvalue weighted by molar-refractivity contribution is 0.827. The van der Waals surface area contributed by atoms with Gasteiger partial charge in [-0.1, -0.05) is 25.1 Å². The van der Waals surface area contributed by atoms with Gasteiger partial charge in [-0.2, -0.15) is 0 Å². The summed E-state index contributed by atoms with van der Waals surface area (Å²) >= 11 is 0. The summed E-state index contributed by atoms with van der Waals surface area (Å²) in [4.78, 5) is 11.2. The largest absolute Gasteiger partial charge is 0.329 e. The van der Waals surface area contributed by atoms with Crippen molar-refractivity contribution in [2.45, 2.75) is 26.7 Å². The molecule has 1 aromatic carbocycles. The average molecular weight is 271 g/mol. The van der Waals surface area contributed by atoms with Gasteiger partial charge in [-0.25, -0.2) is 15.8 Å². The number of hydrazine groups is 1. The van der Waals surface area contributed by atoms with E-state index in [1.54, 1.807) is 0 Å². The van der Waals surface area contributed by atoms with Crippen LogP contribution in [0, 0.1) is 6.92 Å². The van der Waals surface area contributed by atoms with Crippen molar-refractivity contribution in [3.63, 3.8) is 0 Å². The van der Waals surface area contributed by atoms with E-state index >= 15 is 0 Å². The van der Waals surface area contributed by atoms with Crippen molar-refractivity contribution in [2.75, 3.05) is 17.4 Å². The van der Waals surface area contributed by atoms with E-state index in [0.29, 0.717) is 5.82 Å². The number of benzene rings is 1. The van der Waals surface area contributed by atoms with Gasteiger partial charge in [0.15, 0.2) is 0 Å². The average Bonchev–Trinajstić information content (AvgIpc) is 2.49. The van der Waals surface area contributed by atoms with Gasteiger partial charge >= 0.3 is 0 Å². The molecule has 1 aromatic heterocycles. The number of nitrogens with one attached hydrogen (secondary N) is 1. The molecule has 1 heterocycles. The Bertz CT molecular complexity index is 568. The van der Waals surface area contributed by atoms with Crippen LogP contribution in [0.5, 0.6) is 0 Å². The Kier molecular flexibility index (Phi) is 4.53. The van der Waals surface area contributed by atoms with Crippen LogP contribution < -0.4 is 16.2 Å². The predicted octanol–water partition coefficient (Wildman–Crippen LogP) is 2.79. The summed E-state index contributed by atoms with van der Waals surface area (Å²) in [6, 6.07) is 10.1. The molecular formula is C15H21N5. The number of hydrogen-bond donors (Lipinski definition) is 2. The van der Waals surface area contributed by atoms with Gasteiger partial charge in [-0.3, -0.25) is 0 Å². The molecule has 0 bridgehead atoms. The molecule has 2 aromatic rings. The third kappa shape index (κ3) is 2.88. The molecule has 0 aliphatic rings. The third-order valence-electron chi connectivity index (χ3n) is 3.24. The van der Waals surface area contributed by atoms with Gasteiger partial charge in [0.05, 0.1) is 0 Å². The van der Waals surface area contributed by atoms with E-state index in [0.717, 1.165) is 35.7 Å². The second-order valence-corrected chi connectivity index (χ2v) is 4.73. The minimum atomic E-state index is 0.682. The lowest BCUT2D eigenvalue weighted by Gasteiger charge is -2.22. The lowest BCUT2D eigenvalue weighted by atomic mass is 10.2. The number of aryl methyl sites for hydroxylation is 1. The molecule has 5 nitrogen and oxygen atoms in total. The SMILES string of the molecule is CCCc1nc(NN)c(C)c(N(C)c2ccccc2)n1. The van der Waals surface area contributed by atoms with E-state index in [2.05, 4.69) is 39.4 Å². The summed E-state index contributed by atoms with van der Waals surface area (Å²) in [5.41, 5.74) is 4.69. The first kappa shape index (κ1) is 14.3. The second-order valence-electron chi connectivity index (χ2n) is 4.73. The van der Waals surface area contributed by atoms with Gasteiger partial charge < -0.3 is 10.3 Å². The Labute approximate surface area is 119 Å². The Morgan fingerprint density at radius 1 is 1.20 bits per heavy atom. The number of hydrogen-bond acceptors (Lipinski definition) is 5. The van der Waals surface area contributed by atoms with Crippen LogP contribution >= 0.6 is 0 Å². The number of aromatic nitrogens is 2. The minimum absolute atomic E-state index is 0.682. The number of anilines is 3. The molecule has 0 saturated carbocycles. The second kappa shape index (κ2) is 6.34. The summed E-state index contributed by atoms with van der Waals surface area (Å²) in [6.07, 6.45) is 1.84. The normalized spacial score (nSPS) is 10.4. The van der Waals surface area contributed by atoms with Crippen molar-refractivity contribution in [3.05, 3.63) is 41.7 Å². The third-order valence-corrected chi connectivity index (χ3v) is 3.24. The molecule has 20 heavy (non-hydrogen) atoms. The molecule has 0 aliphatic carbocycles. The maximum Gasteiger partial charge on any atom is 0.148 e. The van der Waals surface area contributed by atoms with Crippen LogP contribution in [-0.2, 0) is 6.42 Å². The van der Waals surface area contributed by atoms with Gasteiger partial charge in [0.25, 0.3) is 0 Å². The summed E-state index contributed by atoms with van der Waals surface area (Å²) in [6.45, 7) is 4.08. The van der Waals surface area contributed by atoms with Crippen LogP contribution in [0.4, 0.5) is 17.3 Å². The van der Waals surface area contributed by atoms with E-state index in [4.69, 9.17) is 5.84 Å². The van der Waals surface area contributed by atoms with Gasteiger partial charge in [0.2, 0.25) is 0 Å². The predicted molar refractivity (Wildman–Crippen MR) is 83.1 cm³/mol. The Morgan fingerprint density at radius 3 is 2.50 bits per heavy atom. The van der Waals surface area contributed by atoms with Crippen LogP contribution in [-0.4, -0.2) is 17.0 Å². The van der Waals surface area contributed by atoms with E-state index < -0.39 is 0 Å². The summed E-state index contributed by atoms with van der Waals surface area (Å²) in [7, 11) is 2.00. The molecule has 0 radical (unpaired) electrons. The first-order valence-electron chi connectivity index (χ1n) is 6.80. The van der Waals surface area contributed by atoms with Gasteiger partial charge in [0.1, 0.15) is 17.5 Å². The zero-order valence-corrected chi connectivity index (χ0v) is 12.2. The summed E-state index contributed by atoms with van der Waals surface area (Å²) < 4.78 is 0. The molecule has 0 amide bonds. The Morgan fingerprint density at radius 2 is 1.90 bits per heavy atom. The van der Waals surface area contributed by atoms with Crippen LogP contribution in [0.1, 0.15) is 24.7 Å². The number of para-hydroxylation sites is 1.